The number of amides is 2. The molecule has 1 saturated carbocycles. The number of carbonyl (C=O) groups is 3. The second-order valence-corrected chi connectivity index (χ2v) is 12.9. The molecule has 2 amide bonds. The van der Waals surface area contributed by atoms with Crippen molar-refractivity contribution in [1.29, 1.82) is 0 Å². The van der Waals surface area contributed by atoms with Gasteiger partial charge in [0.05, 0.1) is 24.0 Å². The fourth-order valence-electron chi connectivity index (χ4n) is 5.45. The van der Waals surface area contributed by atoms with Crippen molar-refractivity contribution in [2.75, 3.05) is 18.5 Å². The fraction of sp³-hybridized carbons (Fsp3) is 0.500. The number of hydrogen-bond acceptors (Lipinski definition) is 9. The summed E-state index contributed by atoms with van der Waals surface area (Å²) in [6.45, 7) is 4.00. The lowest BCUT2D eigenvalue weighted by Gasteiger charge is -2.26. The maximum atomic E-state index is 13.4. The van der Waals surface area contributed by atoms with Gasteiger partial charge in [-0.05, 0) is 63.6 Å². The Bertz CT molecular complexity index is 1400. The molecular weight excluding hydrogens is 574 g/mol. The van der Waals surface area contributed by atoms with Crippen LogP contribution in [0.5, 0.6) is 5.75 Å². The number of thiophene rings is 1. The summed E-state index contributed by atoms with van der Waals surface area (Å²) in [5.74, 6) is 0.441. The third-order valence-electron chi connectivity index (χ3n) is 7.52. The third-order valence-corrected chi connectivity index (χ3v) is 9.78. The molecule has 0 saturated heterocycles. The minimum atomic E-state index is -0.495. The number of esters is 1. The number of aryl methyl sites for hydroxylation is 1. The van der Waals surface area contributed by atoms with Crippen molar-refractivity contribution in [1.82, 2.24) is 20.1 Å². The molecule has 0 radical (unpaired) electrons. The van der Waals surface area contributed by atoms with Crippen molar-refractivity contribution in [2.24, 2.45) is 0 Å². The van der Waals surface area contributed by atoms with Crippen molar-refractivity contribution in [3.8, 4) is 5.75 Å². The molecule has 2 aromatic heterocycles. The zero-order valence-corrected chi connectivity index (χ0v) is 25.7. The molecule has 1 aromatic carbocycles. The van der Waals surface area contributed by atoms with E-state index in [0.29, 0.717) is 27.3 Å². The monoisotopic (exact) mass is 611 g/mol. The molecule has 1 atom stereocenters. The molecule has 12 heteroatoms. The number of aromatic nitrogens is 3. The first-order chi connectivity index (χ1) is 20.4. The lowest BCUT2D eigenvalue weighted by atomic mass is 9.95. The Hall–Kier alpha value is -3.38. The van der Waals surface area contributed by atoms with Crippen LogP contribution in [0.4, 0.5) is 5.00 Å². The Morgan fingerprint density at radius 2 is 1.88 bits per heavy atom. The van der Waals surface area contributed by atoms with E-state index in [9.17, 15) is 14.4 Å². The van der Waals surface area contributed by atoms with E-state index in [2.05, 4.69) is 25.4 Å². The van der Waals surface area contributed by atoms with Crippen LogP contribution in [-0.2, 0) is 33.7 Å². The van der Waals surface area contributed by atoms with E-state index in [-0.39, 0.29) is 43.6 Å². The lowest BCUT2D eigenvalue weighted by Crippen LogP contribution is -2.30. The molecule has 224 valence electrons. The third kappa shape index (κ3) is 7.15. The summed E-state index contributed by atoms with van der Waals surface area (Å²) in [7, 11) is 0. The van der Waals surface area contributed by atoms with Gasteiger partial charge in [0.15, 0.2) is 17.6 Å². The van der Waals surface area contributed by atoms with Gasteiger partial charge in [-0.25, -0.2) is 4.79 Å². The molecule has 0 spiro atoms. The second-order valence-electron chi connectivity index (χ2n) is 10.5. The number of carbonyl (C=O) groups excluding carboxylic acids is 3. The quantitative estimate of drug-likeness (QED) is 0.208. The number of rotatable bonds is 12. The minimum Gasteiger partial charge on any atom is -0.484 e. The lowest BCUT2D eigenvalue weighted by molar-refractivity contribution is -0.123. The first-order valence-corrected chi connectivity index (χ1v) is 16.3. The van der Waals surface area contributed by atoms with Crippen molar-refractivity contribution < 1.29 is 23.9 Å². The van der Waals surface area contributed by atoms with Crippen LogP contribution in [0.3, 0.4) is 0 Å². The predicted octanol–water partition coefficient (Wildman–Crippen LogP) is 5.32. The average Bonchev–Trinajstić information content (AvgIpc) is 3.71. The van der Waals surface area contributed by atoms with E-state index in [1.165, 1.54) is 29.5 Å². The van der Waals surface area contributed by atoms with Crippen LogP contribution in [0.2, 0.25) is 0 Å². The van der Waals surface area contributed by atoms with E-state index in [1.807, 2.05) is 25.1 Å². The predicted molar refractivity (Wildman–Crippen MR) is 162 cm³/mol. The molecule has 10 nitrogen and oxygen atoms in total. The first-order valence-electron chi connectivity index (χ1n) is 14.6. The van der Waals surface area contributed by atoms with Crippen LogP contribution in [0.25, 0.3) is 0 Å². The zero-order valence-electron chi connectivity index (χ0n) is 24.0. The highest BCUT2D eigenvalue weighted by Crippen LogP contribution is 2.40. The molecule has 1 fully saturated rings. The van der Waals surface area contributed by atoms with Gasteiger partial charge in [0.25, 0.3) is 5.91 Å². The normalized spacial score (nSPS) is 15.6. The Labute approximate surface area is 254 Å². The van der Waals surface area contributed by atoms with Crippen LogP contribution >= 0.6 is 23.1 Å². The minimum absolute atomic E-state index is 0.0969. The van der Waals surface area contributed by atoms with Gasteiger partial charge in [-0.3, -0.25) is 9.59 Å². The van der Waals surface area contributed by atoms with Gasteiger partial charge in [-0.2, -0.15) is 0 Å². The summed E-state index contributed by atoms with van der Waals surface area (Å²) in [5, 5.41) is 15.5. The second kappa shape index (κ2) is 14.2. The maximum absolute atomic E-state index is 13.4. The molecule has 0 aliphatic heterocycles. The van der Waals surface area contributed by atoms with Crippen molar-refractivity contribution >= 4 is 45.9 Å². The molecule has 42 heavy (non-hydrogen) atoms. The highest BCUT2D eigenvalue weighted by molar-refractivity contribution is 8.00. The fourth-order valence-corrected chi connectivity index (χ4v) is 7.66. The molecule has 3 aromatic rings. The van der Waals surface area contributed by atoms with E-state index in [0.717, 1.165) is 55.4 Å². The summed E-state index contributed by atoms with van der Waals surface area (Å²) in [6.07, 6.45) is 8.14. The number of thioether (sulfide) groups is 1. The number of fused-ring (bicyclic) bond motifs is 1. The molecule has 2 heterocycles. The molecular formula is C30H37N5O5S2. The van der Waals surface area contributed by atoms with Crippen molar-refractivity contribution in [2.45, 2.75) is 88.2 Å². The summed E-state index contributed by atoms with van der Waals surface area (Å²) in [4.78, 5) is 39.8. The van der Waals surface area contributed by atoms with E-state index in [1.54, 1.807) is 19.1 Å². The van der Waals surface area contributed by atoms with Crippen LogP contribution < -0.4 is 15.4 Å². The first kappa shape index (κ1) is 30.1. The van der Waals surface area contributed by atoms with Gasteiger partial charge < -0.3 is 24.7 Å². The Morgan fingerprint density at radius 1 is 1.10 bits per heavy atom. The number of anilines is 1. The molecule has 0 bridgehead atoms. The Balaban J connectivity index is 1.26. The van der Waals surface area contributed by atoms with Crippen LogP contribution in [0, 0.1) is 0 Å². The van der Waals surface area contributed by atoms with Gasteiger partial charge in [-0.15, -0.1) is 21.5 Å². The maximum Gasteiger partial charge on any atom is 0.341 e. The van der Waals surface area contributed by atoms with Gasteiger partial charge in [0.1, 0.15) is 10.8 Å². The average molecular weight is 612 g/mol. The molecule has 2 aliphatic rings. The van der Waals surface area contributed by atoms with Gasteiger partial charge in [0, 0.05) is 10.9 Å². The zero-order chi connectivity index (χ0) is 29.5. The van der Waals surface area contributed by atoms with Gasteiger partial charge in [-0.1, -0.05) is 49.2 Å². The van der Waals surface area contributed by atoms with Gasteiger partial charge in [0.2, 0.25) is 5.91 Å². The molecule has 5 rings (SSSR count). The molecule has 1 unspecified atom stereocenters. The smallest absolute Gasteiger partial charge is 0.341 e. The number of benzene rings is 1. The number of ether oxygens (including phenoxy) is 2. The Morgan fingerprint density at radius 3 is 2.64 bits per heavy atom. The highest BCUT2D eigenvalue weighted by atomic mass is 32.2. The number of hydrogen-bond donors (Lipinski definition) is 2. The number of para-hydroxylation sites is 1. The van der Waals surface area contributed by atoms with Crippen molar-refractivity contribution in [3.05, 3.63) is 52.2 Å². The summed E-state index contributed by atoms with van der Waals surface area (Å²) in [5.41, 5.74) is 1.51. The van der Waals surface area contributed by atoms with Crippen LogP contribution in [-0.4, -0.2) is 51.0 Å². The van der Waals surface area contributed by atoms with Crippen LogP contribution in [0.1, 0.15) is 85.0 Å². The van der Waals surface area contributed by atoms with E-state index >= 15 is 0 Å². The largest absolute Gasteiger partial charge is 0.484 e. The standard InChI is InChI=1S/C30H37N5O5S2/c1-3-39-29(38)26-22-15-10-16-23(22)42-28(26)32-27(37)19(2)41-30-34-33-24(35(30)20-11-6-4-7-12-20)17-31-25(36)18-40-21-13-8-5-9-14-21/h5,8-9,13-14,19-20H,3-4,6-7,10-12,15-18H2,1-2H3,(H,31,36)(H,32,37). The van der Waals surface area contributed by atoms with Crippen molar-refractivity contribution in [3.63, 3.8) is 0 Å². The van der Waals surface area contributed by atoms with E-state index < -0.39 is 5.25 Å². The SMILES string of the molecule is CCOC(=O)c1c(NC(=O)C(C)Sc2nnc(CNC(=O)COc3ccccc3)n2C2CCCCC2)sc2c1CCC2. The number of nitrogens with one attached hydrogen (secondary N) is 2. The molecule has 2 N–H and O–H groups in total. The Kier molecular flexibility index (Phi) is 10.2. The summed E-state index contributed by atoms with van der Waals surface area (Å²) < 4.78 is 13.0. The number of nitrogens with zero attached hydrogens (tertiary/aromatic N) is 3. The summed E-state index contributed by atoms with van der Waals surface area (Å²) in [6, 6.07) is 9.40. The molecule has 2 aliphatic carbocycles. The van der Waals surface area contributed by atoms with Gasteiger partial charge >= 0.3 is 5.97 Å². The van der Waals surface area contributed by atoms with Crippen LogP contribution in [0.15, 0.2) is 35.5 Å². The van der Waals surface area contributed by atoms with E-state index in [4.69, 9.17) is 9.47 Å². The summed E-state index contributed by atoms with van der Waals surface area (Å²) >= 11 is 2.81. The highest BCUT2D eigenvalue weighted by Gasteiger charge is 2.30. The topological polar surface area (TPSA) is 124 Å².